The molecule has 0 fully saturated rings. The summed E-state index contributed by atoms with van der Waals surface area (Å²) in [6, 6.07) is -0.150. The Kier molecular flexibility index (Phi) is 9.06. The molecule has 0 aliphatic heterocycles. The fourth-order valence-corrected chi connectivity index (χ4v) is 1.66. The topological polar surface area (TPSA) is 69.6 Å². The van der Waals surface area contributed by atoms with Gasteiger partial charge >= 0.3 is 12.0 Å². The van der Waals surface area contributed by atoms with Gasteiger partial charge in [0, 0.05) is 19.1 Å². The average molecular weight is 258 g/mol. The van der Waals surface area contributed by atoms with Crippen LogP contribution in [-0.4, -0.2) is 41.1 Å². The zero-order chi connectivity index (χ0) is 14.0. The summed E-state index contributed by atoms with van der Waals surface area (Å²) < 4.78 is 0. The van der Waals surface area contributed by atoms with Crippen molar-refractivity contribution in [3.05, 3.63) is 0 Å². The second-order valence-electron chi connectivity index (χ2n) is 4.72. The molecule has 2 amide bonds. The number of hydrogen-bond acceptors (Lipinski definition) is 2. The van der Waals surface area contributed by atoms with Gasteiger partial charge in [-0.05, 0) is 20.3 Å². The zero-order valence-corrected chi connectivity index (χ0v) is 11.7. The number of nitrogens with zero attached hydrogens (tertiary/aromatic N) is 1. The van der Waals surface area contributed by atoms with Crippen molar-refractivity contribution in [3.8, 4) is 0 Å². The predicted octanol–water partition coefficient (Wildman–Crippen LogP) is 2.46. The highest BCUT2D eigenvalue weighted by Crippen LogP contribution is 2.02. The minimum Gasteiger partial charge on any atom is -0.481 e. The van der Waals surface area contributed by atoms with Crippen molar-refractivity contribution in [1.29, 1.82) is 0 Å². The van der Waals surface area contributed by atoms with Crippen molar-refractivity contribution >= 4 is 12.0 Å². The minimum absolute atomic E-state index is 0.0125. The second kappa shape index (κ2) is 9.74. The van der Waals surface area contributed by atoms with E-state index >= 15 is 0 Å². The summed E-state index contributed by atoms with van der Waals surface area (Å²) >= 11 is 0. The number of nitrogens with one attached hydrogen (secondary N) is 1. The van der Waals surface area contributed by atoms with Crippen LogP contribution in [0.3, 0.4) is 0 Å². The van der Waals surface area contributed by atoms with Crippen LogP contribution in [0.4, 0.5) is 4.79 Å². The number of hydrogen-bond donors (Lipinski definition) is 2. The Morgan fingerprint density at radius 3 is 2.39 bits per heavy atom. The summed E-state index contributed by atoms with van der Waals surface area (Å²) in [5.41, 5.74) is 0. The van der Waals surface area contributed by atoms with Crippen molar-refractivity contribution in [2.75, 3.05) is 13.1 Å². The molecule has 0 aliphatic carbocycles. The Hall–Kier alpha value is -1.26. The van der Waals surface area contributed by atoms with Gasteiger partial charge in [0.05, 0.1) is 6.42 Å². The molecular formula is C13H26N2O3. The summed E-state index contributed by atoms with van der Waals surface area (Å²) in [5, 5.41) is 11.5. The third kappa shape index (κ3) is 7.92. The molecule has 0 radical (unpaired) electrons. The van der Waals surface area contributed by atoms with Crippen LogP contribution < -0.4 is 5.32 Å². The summed E-state index contributed by atoms with van der Waals surface area (Å²) in [7, 11) is 0. The van der Waals surface area contributed by atoms with Gasteiger partial charge in [0.2, 0.25) is 0 Å². The quantitative estimate of drug-likeness (QED) is 0.624. The third-order valence-electron chi connectivity index (χ3n) is 2.76. The van der Waals surface area contributed by atoms with Gasteiger partial charge in [-0.25, -0.2) is 4.79 Å². The van der Waals surface area contributed by atoms with E-state index in [4.69, 9.17) is 5.11 Å². The van der Waals surface area contributed by atoms with E-state index in [0.717, 1.165) is 12.8 Å². The van der Waals surface area contributed by atoms with E-state index in [-0.39, 0.29) is 25.0 Å². The number of carbonyl (C=O) groups excluding carboxylic acids is 1. The lowest BCUT2D eigenvalue weighted by molar-refractivity contribution is -0.137. The smallest absolute Gasteiger partial charge is 0.317 e. The number of carboxylic acids is 1. The number of unbranched alkanes of at least 4 members (excludes halogenated alkanes) is 3. The normalized spacial score (nSPS) is 10.4. The van der Waals surface area contributed by atoms with E-state index in [1.807, 2.05) is 13.8 Å². The average Bonchev–Trinajstić information content (AvgIpc) is 2.28. The molecular weight excluding hydrogens is 232 g/mol. The highest BCUT2D eigenvalue weighted by atomic mass is 16.4. The van der Waals surface area contributed by atoms with Crippen molar-refractivity contribution in [1.82, 2.24) is 10.2 Å². The lowest BCUT2D eigenvalue weighted by Gasteiger charge is -2.26. The Morgan fingerprint density at radius 2 is 1.89 bits per heavy atom. The zero-order valence-electron chi connectivity index (χ0n) is 11.7. The highest BCUT2D eigenvalue weighted by Gasteiger charge is 2.17. The van der Waals surface area contributed by atoms with Gasteiger partial charge < -0.3 is 15.3 Å². The molecule has 18 heavy (non-hydrogen) atoms. The van der Waals surface area contributed by atoms with E-state index in [0.29, 0.717) is 6.54 Å². The second-order valence-corrected chi connectivity index (χ2v) is 4.72. The van der Waals surface area contributed by atoms with Crippen molar-refractivity contribution in [2.45, 2.75) is 58.9 Å². The van der Waals surface area contributed by atoms with Crippen LogP contribution in [0.2, 0.25) is 0 Å². The number of urea groups is 1. The SMILES string of the molecule is CCCCCCNC(=O)N(CCC(=O)O)C(C)C. The van der Waals surface area contributed by atoms with Gasteiger partial charge in [-0.2, -0.15) is 0 Å². The van der Waals surface area contributed by atoms with Gasteiger partial charge in [0.1, 0.15) is 0 Å². The number of aliphatic carboxylic acids is 1. The first-order valence-electron chi connectivity index (χ1n) is 6.75. The molecule has 5 heteroatoms. The first-order chi connectivity index (χ1) is 8.49. The van der Waals surface area contributed by atoms with Crippen molar-refractivity contribution in [3.63, 3.8) is 0 Å². The molecule has 5 nitrogen and oxygen atoms in total. The summed E-state index contributed by atoms with van der Waals surface area (Å²) in [6.45, 7) is 6.84. The first-order valence-corrected chi connectivity index (χ1v) is 6.75. The third-order valence-corrected chi connectivity index (χ3v) is 2.76. The van der Waals surface area contributed by atoms with Crippen LogP contribution in [0.25, 0.3) is 0 Å². The first kappa shape index (κ1) is 16.7. The van der Waals surface area contributed by atoms with Crippen molar-refractivity contribution in [2.24, 2.45) is 0 Å². The highest BCUT2D eigenvalue weighted by molar-refractivity contribution is 5.75. The molecule has 2 N–H and O–H groups in total. The molecule has 0 aromatic rings. The molecule has 0 heterocycles. The maximum atomic E-state index is 11.9. The van der Waals surface area contributed by atoms with Crippen LogP contribution >= 0.6 is 0 Å². The van der Waals surface area contributed by atoms with E-state index in [1.54, 1.807) is 4.90 Å². The largest absolute Gasteiger partial charge is 0.481 e. The number of rotatable bonds is 9. The molecule has 0 unspecified atom stereocenters. The Bertz CT molecular complexity index is 255. The number of carboxylic acid groups (broad SMARTS) is 1. The molecule has 0 rings (SSSR count). The Labute approximate surface area is 110 Å². The van der Waals surface area contributed by atoms with Gasteiger partial charge in [0.15, 0.2) is 0 Å². The summed E-state index contributed by atoms with van der Waals surface area (Å²) in [4.78, 5) is 23.9. The Balaban J connectivity index is 3.95. The molecule has 0 aliphatic rings. The van der Waals surface area contributed by atoms with Crippen LogP contribution in [0.1, 0.15) is 52.9 Å². The molecule has 0 saturated heterocycles. The predicted molar refractivity (Wildman–Crippen MR) is 71.6 cm³/mol. The molecule has 0 bridgehead atoms. The molecule has 0 aromatic heterocycles. The standard InChI is InChI=1S/C13H26N2O3/c1-4-5-6-7-9-14-13(18)15(11(2)3)10-8-12(16)17/h11H,4-10H2,1-3H3,(H,14,18)(H,16,17). The maximum Gasteiger partial charge on any atom is 0.317 e. The van der Waals surface area contributed by atoms with Crippen LogP contribution in [0, 0.1) is 0 Å². The maximum absolute atomic E-state index is 11.9. The van der Waals surface area contributed by atoms with Gasteiger partial charge in [-0.15, -0.1) is 0 Å². The summed E-state index contributed by atoms with van der Waals surface area (Å²) in [6.07, 6.45) is 4.44. The van der Waals surface area contributed by atoms with Gasteiger partial charge in [0.25, 0.3) is 0 Å². The van der Waals surface area contributed by atoms with Gasteiger partial charge in [-0.1, -0.05) is 26.2 Å². The fourth-order valence-electron chi connectivity index (χ4n) is 1.66. The van der Waals surface area contributed by atoms with E-state index in [1.165, 1.54) is 12.8 Å². The van der Waals surface area contributed by atoms with Crippen molar-refractivity contribution < 1.29 is 14.7 Å². The fraction of sp³-hybridized carbons (Fsp3) is 0.846. The van der Waals surface area contributed by atoms with E-state index in [2.05, 4.69) is 12.2 Å². The number of amides is 2. The molecule has 0 aromatic carbocycles. The lowest BCUT2D eigenvalue weighted by atomic mass is 10.2. The number of carbonyl (C=O) groups is 2. The minimum atomic E-state index is -0.878. The van der Waals surface area contributed by atoms with Crippen LogP contribution in [-0.2, 0) is 4.79 Å². The Morgan fingerprint density at radius 1 is 1.22 bits per heavy atom. The molecule has 106 valence electrons. The monoisotopic (exact) mass is 258 g/mol. The van der Waals surface area contributed by atoms with Crippen LogP contribution in [0.15, 0.2) is 0 Å². The lowest BCUT2D eigenvalue weighted by Crippen LogP contribution is -2.45. The molecule has 0 atom stereocenters. The molecule has 0 spiro atoms. The van der Waals surface area contributed by atoms with Gasteiger partial charge in [-0.3, -0.25) is 4.79 Å². The van der Waals surface area contributed by atoms with E-state index in [9.17, 15) is 9.59 Å². The molecule has 0 saturated carbocycles. The van der Waals surface area contributed by atoms with Crippen LogP contribution in [0.5, 0.6) is 0 Å². The van der Waals surface area contributed by atoms with E-state index < -0.39 is 5.97 Å². The summed E-state index contributed by atoms with van der Waals surface area (Å²) in [5.74, 6) is -0.878.